The largest absolute Gasteiger partial charge is 0.497 e. The molecule has 0 aromatic heterocycles. The average Bonchev–Trinajstić information content (AvgIpc) is 2.29. The molecule has 0 aliphatic heterocycles. The molecule has 1 unspecified atom stereocenters. The Morgan fingerprint density at radius 3 is 2.78 bits per heavy atom. The van der Waals surface area contributed by atoms with Gasteiger partial charge in [-0.25, -0.2) is 9.63 Å². The second-order valence-corrected chi connectivity index (χ2v) is 5.42. The van der Waals surface area contributed by atoms with Crippen LogP contribution in [0.25, 0.3) is 0 Å². The number of hydrogen-bond acceptors (Lipinski definition) is 3. The van der Waals surface area contributed by atoms with Crippen LogP contribution in [-0.2, 0) is 9.71 Å². The number of rotatable bonds is 4. The van der Waals surface area contributed by atoms with Crippen LogP contribution in [0.3, 0.4) is 0 Å². The van der Waals surface area contributed by atoms with Crippen molar-refractivity contribution in [3.05, 3.63) is 23.8 Å². The van der Waals surface area contributed by atoms with Crippen molar-refractivity contribution in [1.82, 2.24) is 5.43 Å². The molecule has 1 rings (SSSR count). The molecular weight excluding hydrogens is 252 g/mol. The first-order valence-electron chi connectivity index (χ1n) is 4.99. The third kappa shape index (κ3) is 3.24. The molecule has 0 aliphatic rings. The van der Waals surface area contributed by atoms with E-state index in [2.05, 4.69) is 27.5 Å². The van der Waals surface area contributed by atoms with Gasteiger partial charge in [0.15, 0.2) is 0 Å². The molecule has 0 bridgehead atoms. The molecule has 0 saturated carbocycles. The molecule has 3 N–H and O–H groups in total. The number of methoxy groups -OCH3 is 1. The Bertz CT molecular complexity index is 579. The Balaban J connectivity index is 3.28. The van der Waals surface area contributed by atoms with E-state index in [0.717, 1.165) is 5.56 Å². The monoisotopic (exact) mass is 268 g/mol. The highest BCUT2D eigenvalue weighted by Crippen LogP contribution is 2.23. The Morgan fingerprint density at radius 1 is 1.56 bits per heavy atom. The van der Waals surface area contributed by atoms with Crippen LogP contribution in [0.15, 0.2) is 32.6 Å². The molecule has 1 aromatic carbocycles. The molecule has 0 fully saturated rings. The molecule has 6 nitrogen and oxygen atoms in total. The fourth-order valence-corrected chi connectivity index (χ4v) is 2.69. The molecule has 98 valence electrons. The number of aryl methyl sites for hydroxylation is 1. The molecular formula is C11H16N4O2S. The van der Waals surface area contributed by atoms with Crippen molar-refractivity contribution in [3.63, 3.8) is 0 Å². The summed E-state index contributed by atoms with van der Waals surface area (Å²) in [6.45, 7) is 5.00. The van der Waals surface area contributed by atoms with Gasteiger partial charge in [-0.1, -0.05) is 6.07 Å². The van der Waals surface area contributed by atoms with Gasteiger partial charge in [0.05, 0.1) is 21.7 Å². The maximum Gasteiger partial charge on any atom is 0.223 e. The molecule has 0 amide bonds. The zero-order chi connectivity index (χ0) is 13.8. The predicted octanol–water partition coefficient (Wildman–Crippen LogP) is 0.514. The van der Waals surface area contributed by atoms with E-state index >= 15 is 0 Å². The molecule has 0 radical (unpaired) electrons. The SMILES string of the molecule is C=NNC(N)=NS(=C)(=O)c1cc(OC)ccc1C. The number of hydrogen-bond donors (Lipinski definition) is 2. The molecule has 1 aromatic rings. The molecule has 0 aliphatic carbocycles. The number of nitrogens with two attached hydrogens (primary N) is 1. The van der Waals surface area contributed by atoms with Gasteiger partial charge in [0.1, 0.15) is 5.75 Å². The van der Waals surface area contributed by atoms with Crippen LogP contribution in [0.1, 0.15) is 5.56 Å². The highest BCUT2D eigenvalue weighted by Gasteiger charge is 2.11. The van der Waals surface area contributed by atoms with Crippen molar-refractivity contribution in [2.45, 2.75) is 11.8 Å². The molecule has 18 heavy (non-hydrogen) atoms. The summed E-state index contributed by atoms with van der Waals surface area (Å²) in [5.41, 5.74) is 8.58. The topological polar surface area (TPSA) is 89.1 Å². The molecule has 1 atom stereocenters. The van der Waals surface area contributed by atoms with E-state index in [-0.39, 0.29) is 5.96 Å². The molecule has 0 spiro atoms. The summed E-state index contributed by atoms with van der Waals surface area (Å²) >= 11 is 0. The first-order valence-corrected chi connectivity index (χ1v) is 6.68. The van der Waals surface area contributed by atoms with Crippen molar-refractivity contribution in [2.75, 3.05) is 7.11 Å². The molecule has 0 saturated heterocycles. The molecule has 7 heteroatoms. The van der Waals surface area contributed by atoms with Crippen LogP contribution >= 0.6 is 0 Å². The summed E-state index contributed by atoms with van der Waals surface area (Å²) in [7, 11) is -1.38. The fraction of sp³-hybridized carbons (Fsp3) is 0.182. The van der Waals surface area contributed by atoms with E-state index in [1.165, 1.54) is 7.11 Å². The van der Waals surface area contributed by atoms with Crippen LogP contribution < -0.4 is 15.9 Å². The summed E-state index contributed by atoms with van der Waals surface area (Å²) in [4.78, 5) is 0.468. The first kappa shape index (κ1) is 14.0. The summed E-state index contributed by atoms with van der Waals surface area (Å²) in [6.07, 6.45) is 0. The van der Waals surface area contributed by atoms with Gasteiger partial charge in [-0.2, -0.15) is 9.50 Å². The van der Waals surface area contributed by atoms with E-state index in [9.17, 15) is 4.21 Å². The van der Waals surface area contributed by atoms with Crippen molar-refractivity contribution in [2.24, 2.45) is 15.2 Å². The van der Waals surface area contributed by atoms with Gasteiger partial charge >= 0.3 is 0 Å². The van der Waals surface area contributed by atoms with E-state index in [4.69, 9.17) is 10.5 Å². The first-order chi connectivity index (χ1) is 8.40. The second-order valence-electron chi connectivity index (χ2n) is 3.52. The predicted molar refractivity (Wildman–Crippen MR) is 75.6 cm³/mol. The highest BCUT2D eigenvalue weighted by molar-refractivity contribution is 7.99. The Kier molecular flexibility index (Phi) is 4.33. The Morgan fingerprint density at radius 2 is 2.22 bits per heavy atom. The van der Waals surface area contributed by atoms with E-state index in [1.54, 1.807) is 18.2 Å². The van der Waals surface area contributed by atoms with Crippen LogP contribution in [0.2, 0.25) is 0 Å². The quantitative estimate of drug-likeness (QED) is 0.360. The van der Waals surface area contributed by atoms with E-state index in [0.29, 0.717) is 10.6 Å². The van der Waals surface area contributed by atoms with Crippen molar-refractivity contribution in [1.29, 1.82) is 0 Å². The highest BCUT2D eigenvalue weighted by atomic mass is 32.2. The summed E-state index contributed by atoms with van der Waals surface area (Å²) in [5.74, 6) is 4.08. The van der Waals surface area contributed by atoms with E-state index in [1.807, 2.05) is 6.92 Å². The summed E-state index contributed by atoms with van der Waals surface area (Å²) < 4.78 is 21.3. The van der Waals surface area contributed by atoms with Crippen molar-refractivity contribution < 1.29 is 8.95 Å². The van der Waals surface area contributed by atoms with Crippen LogP contribution in [0.4, 0.5) is 0 Å². The van der Waals surface area contributed by atoms with Gasteiger partial charge < -0.3 is 10.5 Å². The molecule has 0 heterocycles. The number of guanidine groups is 1. The van der Waals surface area contributed by atoms with Crippen molar-refractivity contribution >= 4 is 28.3 Å². The minimum atomic E-state index is -2.91. The number of nitrogens with one attached hydrogen (secondary N) is 1. The fourth-order valence-electron chi connectivity index (χ4n) is 1.36. The Hall–Kier alpha value is -2.02. The van der Waals surface area contributed by atoms with Gasteiger partial charge in [-0.15, -0.1) is 0 Å². The van der Waals surface area contributed by atoms with Gasteiger partial charge in [0, 0.05) is 6.72 Å². The zero-order valence-electron chi connectivity index (χ0n) is 10.3. The summed E-state index contributed by atoms with van der Waals surface area (Å²) in [6, 6.07) is 5.18. The number of hydrazone groups is 1. The summed E-state index contributed by atoms with van der Waals surface area (Å²) in [5, 5.41) is 3.34. The van der Waals surface area contributed by atoms with Gasteiger partial charge in [-0.05, 0) is 30.5 Å². The van der Waals surface area contributed by atoms with Crippen molar-refractivity contribution in [3.8, 4) is 5.75 Å². The zero-order valence-corrected chi connectivity index (χ0v) is 11.2. The number of benzene rings is 1. The normalized spacial score (nSPS) is 14.7. The average molecular weight is 268 g/mol. The van der Waals surface area contributed by atoms with Gasteiger partial charge in [0.2, 0.25) is 5.96 Å². The minimum absolute atomic E-state index is 0.104. The standard InChI is InChI=1S/C11H16N4O2S/c1-8-5-6-9(17-3)7-10(8)18(4,16)15-11(12)14-13-2/h5-7H,2,4H2,1,3H3,(H3,12,14,15,16). The van der Waals surface area contributed by atoms with Gasteiger partial charge in [0.25, 0.3) is 0 Å². The lowest BCUT2D eigenvalue weighted by Crippen LogP contribution is -2.28. The number of ether oxygens (including phenoxy) is 1. The minimum Gasteiger partial charge on any atom is -0.497 e. The maximum absolute atomic E-state index is 12.4. The van der Waals surface area contributed by atoms with E-state index < -0.39 is 9.71 Å². The Labute approximate surface area is 107 Å². The second kappa shape index (κ2) is 5.54. The third-order valence-electron chi connectivity index (χ3n) is 2.18. The smallest absolute Gasteiger partial charge is 0.223 e. The third-order valence-corrected chi connectivity index (χ3v) is 3.80. The van der Waals surface area contributed by atoms with Crippen LogP contribution in [0, 0.1) is 6.92 Å². The van der Waals surface area contributed by atoms with Gasteiger partial charge in [-0.3, -0.25) is 0 Å². The number of nitrogens with zero attached hydrogens (tertiary/aromatic N) is 2. The maximum atomic E-state index is 12.4. The van der Waals surface area contributed by atoms with Crippen LogP contribution in [0.5, 0.6) is 5.75 Å². The lowest BCUT2D eigenvalue weighted by Gasteiger charge is -2.10. The van der Waals surface area contributed by atoms with Crippen LogP contribution in [-0.4, -0.2) is 29.9 Å². The lowest BCUT2D eigenvalue weighted by atomic mass is 10.2. The lowest BCUT2D eigenvalue weighted by molar-refractivity contribution is 0.413.